The molecule has 2 aromatic carbocycles. The Hall–Kier alpha value is -2.16. The van der Waals surface area contributed by atoms with Crippen molar-refractivity contribution in [1.82, 2.24) is 0 Å². The molecule has 2 unspecified atom stereocenters. The maximum Gasteiger partial charge on any atom is 0.230 e. The van der Waals surface area contributed by atoms with Crippen LogP contribution in [0.2, 0.25) is 0 Å². The minimum atomic E-state index is -0.229. The minimum Gasteiger partial charge on any atom is -0.308 e. The molecule has 0 N–H and O–H groups in total. The van der Waals surface area contributed by atoms with Crippen LogP contribution in [-0.4, -0.2) is 12.5 Å². The van der Waals surface area contributed by atoms with Gasteiger partial charge in [-0.25, -0.2) is 4.39 Å². The number of hydrogen-bond donors (Lipinski definition) is 0. The smallest absolute Gasteiger partial charge is 0.230 e. The fourth-order valence-electron chi connectivity index (χ4n) is 6.08. The molecule has 0 aromatic heterocycles. The molecular weight excluding hydrogens is 349 g/mol. The number of benzene rings is 2. The van der Waals surface area contributed by atoms with Crippen molar-refractivity contribution >= 4 is 11.6 Å². The van der Waals surface area contributed by atoms with Crippen LogP contribution in [0.3, 0.4) is 0 Å². The summed E-state index contributed by atoms with van der Waals surface area (Å²) in [6, 6.07) is 15.9. The summed E-state index contributed by atoms with van der Waals surface area (Å²) in [4.78, 5) is 15.5. The van der Waals surface area contributed by atoms with Crippen molar-refractivity contribution in [1.29, 1.82) is 0 Å². The Bertz CT molecular complexity index is 871. The molecule has 146 valence electrons. The Labute approximate surface area is 166 Å². The number of carbonyl (C=O) groups excluding carboxylic acids is 1. The van der Waals surface area contributed by atoms with Crippen LogP contribution in [0.5, 0.6) is 0 Å². The number of para-hydroxylation sites is 1. The van der Waals surface area contributed by atoms with E-state index in [1.54, 1.807) is 0 Å². The number of nitrogens with zero attached hydrogens (tertiary/aromatic N) is 1. The molecule has 2 aromatic rings. The monoisotopic (exact) mass is 377 g/mol. The van der Waals surface area contributed by atoms with Gasteiger partial charge in [0.15, 0.2) is 0 Å². The lowest BCUT2D eigenvalue weighted by Crippen LogP contribution is -2.40. The van der Waals surface area contributed by atoms with E-state index < -0.39 is 0 Å². The van der Waals surface area contributed by atoms with Crippen LogP contribution in [0.1, 0.15) is 56.1 Å². The zero-order valence-electron chi connectivity index (χ0n) is 16.4. The fraction of sp³-hybridized carbons (Fsp3) is 0.480. The topological polar surface area (TPSA) is 20.3 Å². The maximum atomic E-state index is 14.9. The fourth-order valence-corrected chi connectivity index (χ4v) is 6.08. The van der Waals surface area contributed by atoms with E-state index in [9.17, 15) is 9.18 Å². The third-order valence-corrected chi connectivity index (χ3v) is 7.43. The van der Waals surface area contributed by atoms with Gasteiger partial charge in [0.2, 0.25) is 5.91 Å². The number of anilines is 1. The van der Waals surface area contributed by atoms with Gasteiger partial charge in [0, 0.05) is 17.9 Å². The SMILES string of the molecule is O=C(C1CCCC1Cc1ccccc1)N1CC2(CCCC2)c2cccc(F)c21. The second-order valence-corrected chi connectivity index (χ2v) is 9.04. The van der Waals surface area contributed by atoms with Crippen molar-refractivity contribution in [2.75, 3.05) is 11.4 Å². The van der Waals surface area contributed by atoms with Crippen LogP contribution in [-0.2, 0) is 16.6 Å². The summed E-state index contributed by atoms with van der Waals surface area (Å²) in [5, 5.41) is 0. The summed E-state index contributed by atoms with van der Waals surface area (Å²) >= 11 is 0. The molecule has 2 nitrogen and oxygen atoms in total. The first-order valence-corrected chi connectivity index (χ1v) is 10.8. The van der Waals surface area contributed by atoms with Gasteiger partial charge in [-0.15, -0.1) is 0 Å². The van der Waals surface area contributed by atoms with Gasteiger partial charge in [-0.3, -0.25) is 4.79 Å². The average Bonchev–Trinajstić information content (AvgIpc) is 3.44. The van der Waals surface area contributed by atoms with Gasteiger partial charge in [-0.1, -0.05) is 61.7 Å². The molecule has 1 spiro atoms. The van der Waals surface area contributed by atoms with E-state index >= 15 is 0 Å². The van der Waals surface area contributed by atoms with E-state index in [1.807, 2.05) is 17.0 Å². The van der Waals surface area contributed by atoms with E-state index in [0.29, 0.717) is 18.2 Å². The van der Waals surface area contributed by atoms with Gasteiger partial charge in [-0.05, 0) is 55.2 Å². The lowest BCUT2D eigenvalue weighted by molar-refractivity contribution is -0.123. The van der Waals surface area contributed by atoms with Gasteiger partial charge >= 0.3 is 0 Å². The zero-order chi connectivity index (χ0) is 19.1. The summed E-state index contributed by atoms with van der Waals surface area (Å²) in [7, 11) is 0. The summed E-state index contributed by atoms with van der Waals surface area (Å²) in [6.07, 6.45) is 8.57. The molecule has 0 bridgehead atoms. The van der Waals surface area contributed by atoms with Crippen molar-refractivity contribution in [2.24, 2.45) is 11.8 Å². The Kier molecular flexibility index (Phi) is 4.49. The van der Waals surface area contributed by atoms with Crippen molar-refractivity contribution in [3.8, 4) is 0 Å². The molecule has 28 heavy (non-hydrogen) atoms. The van der Waals surface area contributed by atoms with E-state index in [4.69, 9.17) is 0 Å². The number of rotatable bonds is 3. The van der Waals surface area contributed by atoms with E-state index in [1.165, 1.54) is 24.5 Å². The van der Waals surface area contributed by atoms with Crippen LogP contribution in [0, 0.1) is 17.7 Å². The zero-order valence-corrected chi connectivity index (χ0v) is 16.4. The number of amides is 1. The second kappa shape index (κ2) is 7.02. The molecular formula is C25H28FNO. The lowest BCUT2D eigenvalue weighted by atomic mass is 9.81. The molecule has 3 aliphatic rings. The quantitative estimate of drug-likeness (QED) is 0.677. The standard InChI is InChI=1S/C25H28FNO/c26-22-13-7-12-21-23(22)27(17-25(21)14-4-5-15-25)24(28)20-11-6-10-19(20)16-18-8-2-1-3-9-18/h1-3,7-9,12-13,19-20H,4-6,10-11,14-17H2. The van der Waals surface area contributed by atoms with Gasteiger partial charge in [0.1, 0.15) is 5.82 Å². The van der Waals surface area contributed by atoms with Crippen molar-refractivity contribution in [3.63, 3.8) is 0 Å². The summed E-state index contributed by atoms with van der Waals surface area (Å²) in [6.45, 7) is 0.677. The molecule has 1 amide bonds. The highest BCUT2D eigenvalue weighted by Gasteiger charge is 2.49. The average molecular weight is 378 g/mol. The van der Waals surface area contributed by atoms with Crippen molar-refractivity contribution in [2.45, 2.75) is 56.8 Å². The predicted molar refractivity (Wildman–Crippen MR) is 110 cm³/mol. The number of carbonyl (C=O) groups is 1. The molecule has 5 rings (SSSR count). The molecule has 2 fully saturated rings. The first-order chi connectivity index (χ1) is 13.7. The lowest BCUT2D eigenvalue weighted by Gasteiger charge is -2.28. The molecule has 2 aliphatic carbocycles. The van der Waals surface area contributed by atoms with Gasteiger partial charge in [-0.2, -0.15) is 0 Å². The largest absolute Gasteiger partial charge is 0.308 e. The number of fused-ring (bicyclic) bond motifs is 2. The summed E-state index contributed by atoms with van der Waals surface area (Å²) in [5.41, 5.74) is 2.95. The van der Waals surface area contributed by atoms with Gasteiger partial charge in [0.05, 0.1) is 5.69 Å². The third kappa shape index (κ3) is 2.87. The van der Waals surface area contributed by atoms with Crippen LogP contribution in [0.4, 0.5) is 10.1 Å². The van der Waals surface area contributed by atoms with Crippen molar-refractivity contribution in [3.05, 3.63) is 65.5 Å². The molecule has 3 heteroatoms. The highest BCUT2D eigenvalue weighted by Crippen LogP contribution is 2.52. The van der Waals surface area contributed by atoms with Crippen molar-refractivity contribution < 1.29 is 9.18 Å². The maximum absolute atomic E-state index is 14.9. The molecule has 2 saturated carbocycles. The highest BCUT2D eigenvalue weighted by molar-refractivity contribution is 5.98. The second-order valence-electron chi connectivity index (χ2n) is 9.04. The molecule has 1 aliphatic heterocycles. The highest BCUT2D eigenvalue weighted by atomic mass is 19.1. The summed E-state index contributed by atoms with van der Waals surface area (Å²) < 4.78 is 14.9. The van der Waals surface area contributed by atoms with Gasteiger partial charge in [0.25, 0.3) is 0 Å². The van der Waals surface area contributed by atoms with E-state index in [-0.39, 0.29) is 23.1 Å². The molecule has 2 atom stereocenters. The first kappa shape index (κ1) is 17.9. The third-order valence-electron chi connectivity index (χ3n) is 7.43. The Morgan fingerprint density at radius 2 is 1.79 bits per heavy atom. The predicted octanol–water partition coefficient (Wildman–Crippen LogP) is 5.64. The minimum absolute atomic E-state index is 0.0133. The Morgan fingerprint density at radius 3 is 2.57 bits per heavy atom. The Morgan fingerprint density at radius 1 is 1.00 bits per heavy atom. The number of hydrogen-bond acceptors (Lipinski definition) is 1. The number of halogens is 1. The summed E-state index contributed by atoms with van der Waals surface area (Å²) in [5.74, 6) is 0.315. The van der Waals surface area contributed by atoms with Crippen LogP contribution >= 0.6 is 0 Å². The van der Waals surface area contributed by atoms with E-state index in [0.717, 1.165) is 44.1 Å². The molecule has 1 heterocycles. The molecule has 0 radical (unpaired) electrons. The Balaban J connectivity index is 1.44. The van der Waals surface area contributed by atoms with Gasteiger partial charge < -0.3 is 4.90 Å². The van der Waals surface area contributed by atoms with Crippen LogP contribution < -0.4 is 4.90 Å². The molecule has 0 saturated heterocycles. The normalized spacial score (nSPS) is 25.4. The van der Waals surface area contributed by atoms with Crippen LogP contribution in [0.15, 0.2) is 48.5 Å². The van der Waals surface area contributed by atoms with E-state index in [2.05, 4.69) is 30.3 Å². The first-order valence-electron chi connectivity index (χ1n) is 10.8. The van der Waals surface area contributed by atoms with Crippen LogP contribution in [0.25, 0.3) is 0 Å².